The molecule has 0 saturated heterocycles. The Hall–Kier alpha value is -1.61. The van der Waals surface area contributed by atoms with E-state index in [9.17, 15) is 4.79 Å². The molecule has 0 unspecified atom stereocenters. The van der Waals surface area contributed by atoms with Crippen molar-refractivity contribution >= 4 is 23.2 Å². The summed E-state index contributed by atoms with van der Waals surface area (Å²) in [6.45, 7) is 1.82. The van der Waals surface area contributed by atoms with Gasteiger partial charge in [0.15, 0.2) is 5.76 Å². The number of hydrogen-bond donors (Lipinski definition) is 0. The minimum atomic E-state index is -0.102. The minimum Gasteiger partial charge on any atom is -0.458 e. The Bertz CT molecular complexity index is 477. The summed E-state index contributed by atoms with van der Waals surface area (Å²) in [4.78, 5) is 11.6. The zero-order valence-electron chi connectivity index (χ0n) is 8.27. The lowest BCUT2D eigenvalue weighted by atomic mass is 10.2. The van der Waals surface area contributed by atoms with Crippen LogP contribution in [0.5, 0.6) is 0 Å². The number of rotatable bonds is 3. The molecule has 0 amide bonds. The molecule has 0 atom stereocenters. The Morgan fingerprint density at radius 3 is 2.87 bits per heavy atom. The molecule has 0 aliphatic carbocycles. The average Bonchev–Trinajstić information content (AvgIpc) is 2.84. The molecule has 2 nitrogen and oxygen atoms in total. The van der Waals surface area contributed by atoms with E-state index in [1.165, 1.54) is 6.08 Å². The zero-order valence-corrected chi connectivity index (χ0v) is 9.08. The summed E-state index contributed by atoms with van der Waals surface area (Å²) in [6, 6.07) is 5.43. The first-order valence-electron chi connectivity index (χ1n) is 4.57. The van der Waals surface area contributed by atoms with Crippen LogP contribution in [0.25, 0.3) is 6.08 Å². The van der Waals surface area contributed by atoms with Crippen LogP contribution in [0.15, 0.2) is 39.5 Å². The normalized spacial score (nSPS) is 11.0. The molecule has 0 aromatic carbocycles. The van der Waals surface area contributed by atoms with Gasteiger partial charge in [-0.05, 0) is 47.5 Å². The SMILES string of the molecule is Cc1ccc(C(=O)C=Cc2ccsc2)o1. The van der Waals surface area contributed by atoms with Crippen molar-refractivity contribution in [1.82, 2.24) is 0 Å². The van der Waals surface area contributed by atoms with Gasteiger partial charge in [-0.3, -0.25) is 4.79 Å². The number of aryl methyl sites for hydroxylation is 1. The van der Waals surface area contributed by atoms with E-state index in [2.05, 4.69) is 0 Å². The number of carbonyl (C=O) groups excluding carboxylic acids is 1. The summed E-state index contributed by atoms with van der Waals surface area (Å²) in [5.41, 5.74) is 1.04. The first-order chi connectivity index (χ1) is 7.25. The largest absolute Gasteiger partial charge is 0.458 e. The molecule has 0 radical (unpaired) electrons. The summed E-state index contributed by atoms with van der Waals surface area (Å²) < 4.78 is 5.22. The van der Waals surface area contributed by atoms with Gasteiger partial charge in [0.2, 0.25) is 5.78 Å². The molecule has 0 aliphatic rings. The van der Waals surface area contributed by atoms with Crippen LogP contribution in [0.3, 0.4) is 0 Å². The van der Waals surface area contributed by atoms with E-state index < -0.39 is 0 Å². The molecule has 0 bridgehead atoms. The Morgan fingerprint density at radius 1 is 1.40 bits per heavy atom. The predicted octanol–water partition coefficient (Wildman–Crippen LogP) is 3.55. The highest BCUT2D eigenvalue weighted by atomic mass is 32.1. The van der Waals surface area contributed by atoms with Crippen molar-refractivity contribution in [2.24, 2.45) is 0 Å². The molecule has 2 aromatic heterocycles. The fraction of sp³-hybridized carbons (Fsp3) is 0.0833. The van der Waals surface area contributed by atoms with Crippen molar-refractivity contribution in [2.45, 2.75) is 6.92 Å². The summed E-state index contributed by atoms with van der Waals surface area (Å²) in [6.07, 6.45) is 3.32. The Morgan fingerprint density at radius 2 is 2.27 bits per heavy atom. The molecular formula is C12H10O2S. The van der Waals surface area contributed by atoms with Crippen LogP contribution in [0.1, 0.15) is 21.9 Å². The fourth-order valence-electron chi connectivity index (χ4n) is 1.19. The monoisotopic (exact) mass is 218 g/mol. The fourth-order valence-corrected chi connectivity index (χ4v) is 1.82. The molecule has 0 N–H and O–H groups in total. The van der Waals surface area contributed by atoms with Gasteiger partial charge in [0, 0.05) is 0 Å². The third-order valence-electron chi connectivity index (χ3n) is 1.95. The molecule has 15 heavy (non-hydrogen) atoms. The quantitative estimate of drug-likeness (QED) is 0.582. The third kappa shape index (κ3) is 2.44. The molecule has 2 rings (SSSR count). The maximum Gasteiger partial charge on any atom is 0.221 e. The van der Waals surface area contributed by atoms with Gasteiger partial charge in [0.25, 0.3) is 0 Å². The van der Waals surface area contributed by atoms with Gasteiger partial charge in [-0.25, -0.2) is 0 Å². The lowest BCUT2D eigenvalue weighted by molar-refractivity contribution is 0.102. The van der Waals surface area contributed by atoms with Gasteiger partial charge in [0.1, 0.15) is 5.76 Å². The second kappa shape index (κ2) is 4.28. The maximum absolute atomic E-state index is 11.6. The van der Waals surface area contributed by atoms with E-state index in [1.807, 2.05) is 23.8 Å². The summed E-state index contributed by atoms with van der Waals surface area (Å²) in [5, 5.41) is 3.96. The molecule has 0 aliphatic heterocycles. The molecule has 0 fully saturated rings. The number of hydrogen-bond acceptors (Lipinski definition) is 3. The highest BCUT2D eigenvalue weighted by Gasteiger charge is 2.05. The molecule has 3 heteroatoms. The first-order valence-corrected chi connectivity index (χ1v) is 5.51. The molecule has 0 saturated carbocycles. The van der Waals surface area contributed by atoms with Crippen molar-refractivity contribution in [3.63, 3.8) is 0 Å². The van der Waals surface area contributed by atoms with Gasteiger partial charge in [0.05, 0.1) is 0 Å². The molecule has 76 valence electrons. The molecule has 2 aromatic rings. The van der Waals surface area contributed by atoms with E-state index in [0.717, 1.165) is 11.3 Å². The van der Waals surface area contributed by atoms with E-state index in [1.54, 1.807) is 29.5 Å². The van der Waals surface area contributed by atoms with Gasteiger partial charge < -0.3 is 4.42 Å². The van der Waals surface area contributed by atoms with Gasteiger partial charge in [-0.2, -0.15) is 11.3 Å². The Kier molecular flexibility index (Phi) is 2.83. The predicted molar refractivity (Wildman–Crippen MR) is 61.1 cm³/mol. The van der Waals surface area contributed by atoms with E-state index in [-0.39, 0.29) is 5.78 Å². The van der Waals surface area contributed by atoms with Crippen molar-refractivity contribution in [3.05, 3.63) is 52.1 Å². The molecule has 0 spiro atoms. The molecular weight excluding hydrogens is 208 g/mol. The summed E-state index contributed by atoms with van der Waals surface area (Å²) in [5.74, 6) is 1.04. The minimum absolute atomic E-state index is 0.102. The van der Waals surface area contributed by atoms with Crippen LogP contribution in [0.4, 0.5) is 0 Å². The second-order valence-corrected chi connectivity index (χ2v) is 3.94. The van der Waals surface area contributed by atoms with Crippen LogP contribution in [0.2, 0.25) is 0 Å². The highest BCUT2D eigenvalue weighted by molar-refractivity contribution is 7.08. The smallest absolute Gasteiger partial charge is 0.221 e. The topological polar surface area (TPSA) is 30.2 Å². The van der Waals surface area contributed by atoms with Crippen LogP contribution in [0, 0.1) is 6.92 Å². The number of ketones is 1. The number of furan rings is 1. The van der Waals surface area contributed by atoms with Crippen molar-refractivity contribution in [3.8, 4) is 0 Å². The second-order valence-electron chi connectivity index (χ2n) is 3.16. The summed E-state index contributed by atoms with van der Waals surface area (Å²) in [7, 11) is 0. The lowest BCUT2D eigenvalue weighted by Crippen LogP contribution is -1.89. The lowest BCUT2D eigenvalue weighted by Gasteiger charge is -1.88. The van der Waals surface area contributed by atoms with E-state index >= 15 is 0 Å². The maximum atomic E-state index is 11.6. The van der Waals surface area contributed by atoms with Crippen LogP contribution < -0.4 is 0 Å². The standard InChI is InChI=1S/C12H10O2S/c1-9-2-5-12(14-9)11(13)4-3-10-6-7-15-8-10/h2-8H,1H3. The number of thiophene rings is 1. The van der Waals surface area contributed by atoms with Crippen LogP contribution >= 0.6 is 11.3 Å². The van der Waals surface area contributed by atoms with E-state index in [0.29, 0.717) is 5.76 Å². The van der Waals surface area contributed by atoms with Gasteiger partial charge in [-0.1, -0.05) is 6.08 Å². The van der Waals surface area contributed by atoms with Crippen molar-refractivity contribution in [2.75, 3.05) is 0 Å². The molecule has 2 heterocycles. The number of allylic oxidation sites excluding steroid dienone is 1. The van der Waals surface area contributed by atoms with Crippen molar-refractivity contribution in [1.29, 1.82) is 0 Å². The van der Waals surface area contributed by atoms with Crippen molar-refractivity contribution < 1.29 is 9.21 Å². The third-order valence-corrected chi connectivity index (χ3v) is 2.66. The van der Waals surface area contributed by atoms with Crippen LogP contribution in [-0.4, -0.2) is 5.78 Å². The van der Waals surface area contributed by atoms with Gasteiger partial charge >= 0.3 is 0 Å². The number of carbonyl (C=O) groups is 1. The Labute approximate surface area is 91.9 Å². The highest BCUT2D eigenvalue weighted by Crippen LogP contribution is 2.11. The van der Waals surface area contributed by atoms with Gasteiger partial charge in [-0.15, -0.1) is 0 Å². The summed E-state index contributed by atoms with van der Waals surface area (Å²) >= 11 is 1.61. The first kappa shape index (κ1) is 9.93. The van der Waals surface area contributed by atoms with Crippen LogP contribution in [-0.2, 0) is 0 Å². The van der Waals surface area contributed by atoms with E-state index in [4.69, 9.17) is 4.42 Å². The Balaban J connectivity index is 2.10. The zero-order chi connectivity index (χ0) is 10.7. The average molecular weight is 218 g/mol.